The molecule has 0 amide bonds. The Kier molecular flexibility index (Phi) is 14.9. The molecule has 120 valence electrons. The van der Waals surface area contributed by atoms with Gasteiger partial charge >= 0.3 is 5.97 Å². The number of ether oxygens (including phenoxy) is 3. The van der Waals surface area contributed by atoms with Crippen molar-refractivity contribution in [3.63, 3.8) is 0 Å². The number of rotatable bonds is 15. The minimum atomic E-state index is -0.750. The molecule has 0 saturated carbocycles. The maximum Gasteiger partial charge on any atom is 0.304 e. The summed E-state index contributed by atoms with van der Waals surface area (Å²) in [5.41, 5.74) is 0. The van der Waals surface area contributed by atoms with Crippen LogP contribution in [0, 0.1) is 0 Å². The topological polar surface area (TPSA) is 65.0 Å². The van der Waals surface area contributed by atoms with Gasteiger partial charge in [0.25, 0.3) is 0 Å². The summed E-state index contributed by atoms with van der Waals surface area (Å²) in [6, 6.07) is 0. The number of carboxylic acids is 1. The Hall–Kier alpha value is -0.300. The molecule has 1 N–H and O–H groups in total. The summed E-state index contributed by atoms with van der Waals surface area (Å²) >= 11 is 1.62. The van der Waals surface area contributed by atoms with Crippen molar-refractivity contribution in [2.24, 2.45) is 0 Å². The maximum absolute atomic E-state index is 10.5. The maximum atomic E-state index is 10.5. The highest BCUT2D eigenvalue weighted by atomic mass is 32.2. The summed E-state index contributed by atoms with van der Waals surface area (Å²) in [6.45, 7) is 7.89. The van der Waals surface area contributed by atoms with Gasteiger partial charge in [0, 0.05) is 17.6 Å². The zero-order chi connectivity index (χ0) is 15.1. The first-order chi connectivity index (χ1) is 9.66. The normalized spacial score (nSPS) is 12.5. The van der Waals surface area contributed by atoms with Crippen LogP contribution >= 0.6 is 11.8 Å². The molecule has 0 aromatic rings. The Morgan fingerprint density at radius 1 is 1.05 bits per heavy atom. The molecule has 1 atom stereocenters. The minimum absolute atomic E-state index is 0.132. The molecule has 0 aliphatic carbocycles. The fourth-order valence-electron chi connectivity index (χ4n) is 1.40. The van der Waals surface area contributed by atoms with E-state index in [9.17, 15) is 4.79 Å². The first kappa shape index (κ1) is 19.7. The van der Waals surface area contributed by atoms with E-state index in [-0.39, 0.29) is 11.7 Å². The lowest BCUT2D eigenvalue weighted by Gasteiger charge is -2.09. The molecule has 0 aromatic heterocycles. The monoisotopic (exact) mass is 308 g/mol. The lowest BCUT2D eigenvalue weighted by molar-refractivity contribution is -0.136. The van der Waals surface area contributed by atoms with Crippen LogP contribution in [0.2, 0.25) is 0 Å². The van der Waals surface area contributed by atoms with E-state index in [0.717, 1.165) is 25.2 Å². The van der Waals surface area contributed by atoms with Crippen LogP contribution < -0.4 is 0 Å². The van der Waals surface area contributed by atoms with Gasteiger partial charge in [0.05, 0.1) is 39.5 Å². The second kappa shape index (κ2) is 15.1. The van der Waals surface area contributed by atoms with Crippen LogP contribution in [-0.2, 0) is 19.0 Å². The molecule has 0 aliphatic heterocycles. The lowest BCUT2D eigenvalue weighted by Crippen LogP contribution is -2.12. The molecule has 0 aromatic carbocycles. The smallest absolute Gasteiger partial charge is 0.304 e. The Morgan fingerprint density at radius 3 is 2.15 bits per heavy atom. The molecule has 1 unspecified atom stereocenters. The van der Waals surface area contributed by atoms with Crippen molar-refractivity contribution in [2.75, 3.05) is 45.4 Å². The summed E-state index contributed by atoms with van der Waals surface area (Å²) in [5, 5.41) is 8.74. The molecular weight excluding hydrogens is 280 g/mol. The van der Waals surface area contributed by atoms with Crippen LogP contribution in [-0.4, -0.2) is 61.7 Å². The van der Waals surface area contributed by atoms with Gasteiger partial charge in [-0.05, 0) is 6.42 Å². The average Bonchev–Trinajstić information content (AvgIpc) is 2.39. The van der Waals surface area contributed by atoms with Crippen molar-refractivity contribution < 1.29 is 24.1 Å². The van der Waals surface area contributed by atoms with Gasteiger partial charge in [-0.25, -0.2) is 0 Å². The molecule has 0 saturated heterocycles. The Bertz CT molecular complexity index is 226. The number of aliphatic carboxylic acids is 1. The van der Waals surface area contributed by atoms with Crippen molar-refractivity contribution in [1.29, 1.82) is 0 Å². The number of unbranched alkanes of at least 4 members (excludes halogenated alkanes) is 1. The van der Waals surface area contributed by atoms with Gasteiger partial charge < -0.3 is 19.3 Å². The van der Waals surface area contributed by atoms with Gasteiger partial charge in [0.1, 0.15) is 0 Å². The molecule has 0 spiro atoms. The molecule has 0 fully saturated rings. The summed E-state index contributed by atoms with van der Waals surface area (Å²) in [6.07, 6.45) is 2.45. The Labute approximate surface area is 126 Å². The van der Waals surface area contributed by atoms with Crippen LogP contribution in [0.1, 0.15) is 33.1 Å². The second-order valence-electron chi connectivity index (χ2n) is 4.47. The van der Waals surface area contributed by atoms with E-state index in [4.69, 9.17) is 19.3 Å². The number of carbonyl (C=O) groups is 1. The van der Waals surface area contributed by atoms with E-state index in [1.807, 2.05) is 6.92 Å². The molecule has 0 aliphatic rings. The minimum Gasteiger partial charge on any atom is -0.481 e. The molecular formula is C14H28O5S. The van der Waals surface area contributed by atoms with E-state index in [0.29, 0.717) is 33.0 Å². The summed E-state index contributed by atoms with van der Waals surface area (Å²) in [7, 11) is 0. The van der Waals surface area contributed by atoms with Crippen LogP contribution in [0.25, 0.3) is 0 Å². The third kappa shape index (κ3) is 15.8. The van der Waals surface area contributed by atoms with Gasteiger partial charge in [-0.2, -0.15) is 11.8 Å². The zero-order valence-corrected chi connectivity index (χ0v) is 13.5. The second-order valence-corrected chi connectivity index (χ2v) is 6.02. The van der Waals surface area contributed by atoms with Gasteiger partial charge in [-0.3, -0.25) is 4.79 Å². The van der Waals surface area contributed by atoms with Crippen molar-refractivity contribution in [3.05, 3.63) is 0 Å². The van der Waals surface area contributed by atoms with E-state index < -0.39 is 5.97 Å². The third-order valence-electron chi connectivity index (χ3n) is 2.48. The highest BCUT2D eigenvalue weighted by Crippen LogP contribution is 2.13. The quantitative estimate of drug-likeness (QED) is 0.469. The molecule has 6 heteroatoms. The highest BCUT2D eigenvalue weighted by molar-refractivity contribution is 7.99. The highest BCUT2D eigenvalue weighted by Gasteiger charge is 2.07. The number of hydrogen-bond acceptors (Lipinski definition) is 5. The zero-order valence-electron chi connectivity index (χ0n) is 12.6. The first-order valence-corrected chi connectivity index (χ1v) is 8.28. The molecule has 20 heavy (non-hydrogen) atoms. The van der Waals surface area contributed by atoms with Crippen LogP contribution in [0.15, 0.2) is 0 Å². The number of thioether (sulfide) groups is 1. The van der Waals surface area contributed by atoms with Crippen LogP contribution in [0.4, 0.5) is 0 Å². The van der Waals surface area contributed by atoms with Crippen molar-refractivity contribution >= 4 is 17.7 Å². The average molecular weight is 308 g/mol. The van der Waals surface area contributed by atoms with Gasteiger partial charge in [-0.15, -0.1) is 0 Å². The van der Waals surface area contributed by atoms with Gasteiger partial charge in [-0.1, -0.05) is 20.3 Å². The van der Waals surface area contributed by atoms with Crippen molar-refractivity contribution in [3.8, 4) is 0 Å². The summed E-state index contributed by atoms with van der Waals surface area (Å²) in [5.74, 6) is 0.0645. The Morgan fingerprint density at radius 2 is 1.60 bits per heavy atom. The predicted octanol–water partition coefficient (Wildman–Crippen LogP) is 2.43. The predicted molar refractivity (Wildman–Crippen MR) is 81.5 cm³/mol. The molecule has 5 nitrogen and oxygen atoms in total. The SMILES string of the molecule is CCCCOCCOCCOCCSC(C)CC(=O)O. The first-order valence-electron chi connectivity index (χ1n) is 7.23. The van der Waals surface area contributed by atoms with E-state index in [1.54, 1.807) is 11.8 Å². The fourth-order valence-corrected chi connectivity index (χ4v) is 2.28. The number of hydrogen-bond donors (Lipinski definition) is 1. The molecule has 0 bridgehead atoms. The molecule has 0 rings (SSSR count). The van der Waals surface area contributed by atoms with E-state index in [2.05, 4.69) is 6.92 Å². The van der Waals surface area contributed by atoms with Crippen LogP contribution in [0.5, 0.6) is 0 Å². The standard InChI is InChI=1S/C14H28O5S/c1-3-4-5-17-6-7-18-8-9-19-10-11-20-13(2)12-14(15)16/h13H,3-12H2,1-2H3,(H,15,16). The fraction of sp³-hybridized carbons (Fsp3) is 0.929. The van der Waals surface area contributed by atoms with Crippen LogP contribution in [0.3, 0.4) is 0 Å². The van der Waals surface area contributed by atoms with E-state index in [1.165, 1.54) is 0 Å². The largest absolute Gasteiger partial charge is 0.481 e. The Balaban J connectivity index is 3.08. The van der Waals surface area contributed by atoms with Gasteiger partial charge in [0.2, 0.25) is 0 Å². The van der Waals surface area contributed by atoms with Crippen molar-refractivity contribution in [2.45, 2.75) is 38.4 Å². The summed E-state index contributed by atoms with van der Waals surface area (Å²) in [4.78, 5) is 10.5. The summed E-state index contributed by atoms with van der Waals surface area (Å²) < 4.78 is 16.1. The van der Waals surface area contributed by atoms with Crippen molar-refractivity contribution in [1.82, 2.24) is 0 Å². The van der Waals surface area contributed by atoms with Gasteiger partial charge in [0.15, 0.2) is 0 Å². The van der Waals surface area contributed by atoms with E-state index >= 15 is 0 Å². The lowest BCUT2D eigenvalue weighted by atomic mass is 10.3. The molecule has 0 radical (unpaired) electrons. The molecule has 0 heterocycles. The third-order valence-corrected chi connectivity index (χ3v) is 3.62. The number of carboxylic acid groups (broad SMARTS) is 1.